The monoisotopic (exact) mass is 218 g/mol. The zero-order valence-electron chi connectivity index (χ0n) is 10.2. The predicted molar refractivity (Wildman–Crippen MR) is 63.9 cm³/mol. The topological polar surface area (TPSA) is 20.2 Å². The molecule has 0 heterocycles. The molecule has 6 atom stereocenters. The largest absolute Gasteiger partial charge is 0.390 e. The maximum Gasteiger partial charge on any atom is 0.0689 e. The zero-order valence-corrected chi connectivity index (χ0v) is 10.2. The van der Waals surface area contributed by atoms with E-state index in [4.69, 9.17) is 0 Å². The number of allylic oxidation sites excluding steroid dienone is 2. The number of aliphatic hydroxyl groups is 1. The number of rotatable bonds is 0. The maximum atomic E-state index is 11.0. The van der Waals surface area contributed by atoms with Gasteiger partial charge in [0, 0.05) is 0 Å². The first kappa shape index (κ1) is 9.70. The molecule has 88 valence electrons. The molecule has 0 aromatic carbocycles. The van der Waals surface area contributed by atoms with Gasteiger partial charge in [-0.1, -0.05) is 19.1 Å². The van der Waals surface area contributed by atoms with Crippen LogP contribution >= 0.6 is 0 Å². The second-order valence-electron chi connectivity index (χ2n) is 7.27. The molecule has 3 saturated carbocycles. The van der Waals surface area contributed by atoms with Gasteiger partial charge in [-0.3, -0.25) is 0 Å². The van der Waals surface area contributed by atoms with Gasteiger partial charge in [0.25, 0.3) is 0 Å². The van der Waals surface area contributed by atoms with Crippen LogP contribution in [0.3, 0.4) is 0 Å². The average molecular weight is 218 g/mol. The molecule has 4 aliphatic carbocycles. The van der Waals surface area contributed by atoms with Crippen molar-refractivity contribution in [3.63, 3.8) is 0 Å². The van der Waals surface area contributed by atoms with Gasteiger partial charge in [-0.05, 0) is 67.6 Å². The van der Waals surface area contributed by atoms with Gasteiger partial charge in [-0.2, -0.15) is 0 Å². The van der Waals surface area contributed by atoms with Crippen LogP contribution in [0.15, 0.2) is 12.2 Å². The lowest BCUT2D eigenvalue weighted by atomic mass is 9.55. The maximum absolute atomic E-state index is 11.0. The van der Waals surface area contributed by atoms with Gasteiger partial charge in [0.1, 0.15) is 0 Å². The number of hydrogen-bond donors (Lipinski definition) is 1. The van der Waals surface area contributed by atoms with E-state index in [1.54, 1.807) is 0 Å². The summed E-state index contributed by atoms with van der Waals surface area (Å²) in [5, 5.41) is 11.0. The van der Waals surface area contributed by atoms with Crippen LogP contribution in [-0.2, 0) is 0 Å². The lowest BCUT2D eigenvalue weighted by Crippen LogP contribution is -2.52. The predicted octanol–water partition coefficient (Wildman–Crippen LogP) is 3.14. The molecular formula is C15H22O. The molecule has 4 rings (SSSR count). The molecule has 16 heavy (non-hydrogen) atoms. The van der Waals surface area contributed by atoms with Crippen molar-refractivity contribution in [2.75, 3.05) is 0 Å². The Hall–Kier alpha value is -0.300. The molecule has 0 radical (unpaired) electrons. The van der Waals surface area contributed by atoms with Crippen LogP contribution < -0.4 is 0 Å². The Morgan fingerprint density at radius 2 is 2.06 bits per heavy atom. The molecule has 1 N–H and O–H groups in total. The van der Waals surface area contributed by atoms with Crippen LogP contribution in [0.25, 0.3) is 0 Å². The second-order valence-corrected chi connectivity index (χ2v) is 7.27. The third kappa shape index (κ3) is 1.06. The van der Waals surface area contributed by atoms with Gasteiger partial charge >= 0.3 is 0 Å². The smallest absolute Gasteiger partial charge is 0.0689 e. The minimum atomic E-state index is -0.305. The second kappa shape index (κ2) is 2.75. The summed E-state index contributed by atoms with van der Waals surface area (Å²) < 4.78 is 0. The van der Waals surface area contributed by atoms with Crippen LogP contribution in [0, 0.1) is 29.1 Å². The molecule has 0 spiro atoms. The summed E-state index contributed by atoms with van der Waals surface area (Å²) in [6, 6.07) is 0. The normalized spacial score (nSPS) is 62.4. The van der Waals surface area contributed by atoms with Crippen LogP contribution in [0.5, 0.6) is 0 Å². The fourth-order valence-electron chi connectivity index (χ4n) is 5.44. The molecular weight excluding hydrogens is 196 g/mol. The first-order valence-corrected chi connectivity index (χ1v) is 7.00. The van der Waals surface area contributed by atoms with E-state index >= 15 is 0 Å². The molecule has 0 aliphatic heterocycles. The summed E-state index contributed by atoms with van der Waals surface area (Å²) in [7, 11) is 0. The molecule has 6 unspecified atom stereocenters. The SMILES string of the molecule is CC12CC3C=CC1CC1CCC1C(O)(C3)C2. The highest BCUT2D eigenvalue weighted by Crippen LogP contribution is 2.63. The van der Waals surface area contributed by atoms with Crippen molar-refractivity contribution in [1.29, 1.82) is 0 Å². The van der Waals surface area contributed by atoms with E-state index in [0.717, 1.165) is 24.7 Å². The van der Waals surface area contributed by atoms with E-state index in [2.05, 4.69) is 19.1 Å². The minimum Gasteiger partial charge on any atom is -0.390 e. The van der Waals surface area contributed by atoms with E-state index in [1.807, 2.05) is 0 Å². The third-order valence-corrected chi connectivity index (χ3v) is 6.23. The molecule has 0 aromatic heterocycles. The van der Waals surface area contributed by atoms with Crippen molar-refractivity contribution in [1.82, 2.24) is 0 Å². The van der Waals surface area contributed by atoms with E-state index < -0.39 is 0 Å². The zero-order chi connectivity index (χ0) is 11.0. The third-order valence-electron chi connectivity index (χ3n) is 6.23. The van der Waals surface area contributed by atoms with Gasteiger partial charge in [0.05, 0.1) is 5.60 Å². The molecule has 0 aromatic rings. The van der Waals surface area contributed by atoms with Crippen LogP contribution in [0.4, 0.5) is 0 Å². The molecule has 4 aliphatic rings. The summed E-state index contributed by atoms with van der Waals surface area (Å²) in [5.41, 5.74) is 0.101. The molecule has 0 amide bonds. The summed E-state index contributed by atoms with van der Waals surface area (Å²) in [6.07, 6.45) is 12.4. The highest BCUT2D eigenvalue weighted by Gasteiger charge is 2.59. The number of fused-ring (bicyclic) bond motifs is 4. The lowest BCUT2D eigenvalue weighted by Gasteiger charge is -2.53. The summed E-state index contributed by atoms with van der Waals surface area (Å²) in [4.78, 5) is 0. The van der Waals surface area contributed by atoms with E-state index in [0.29, 0.717) is 17.3 Å². The average Bonchev–Trinajstić information content (AvgIpc) is 2.13. The lowest BCUT2D eigenvalue weighted by molar-refractivity contribution is -0.127. The Balaban J connectivity index is 1.84. The highest BCUT2D eigenvalue weighted by atomic mass is 16.3. The van der Waals surface area contributed by atoms with Crippen molar-refractivity contribution in [2.24, 2.45) is 29.1 Å². The van der Waals surface area contributed by atoms with Crippen molar-refractivity contribution in [3.8, 4) is 0 Å². The Morgan fingerprint density at radius 3 is 2.81 bits per heavy atom. The Kier molecular flexibility index (Phi) is 1.66. The van der Waals surface area contributed by atoms with Crippen LogP contribution in [0.1, 0.15) is 45.4 Å². The first-order chi connectivity index (χ1) is 7.59. The summed E-state index contributed by atoms with van der Waals surface area (Å²) >= 11 is 0. The van der Waals surface area contributed by atoms with Gasteiger partial charge < -0.3 is 5.11 Å². The van der Waals surface area contributed by atoms with Crippen LogP contribution in [-0.4, -0.2) is 10.7 Å². The molecule has 1 nitrogen and oxygen atoms in total. The van der Waals surface area contributed by atoms with E-state index in [9.17, 15) is 5.11 Å². The molecule has 1 heteroatoms. The first-order valence-electron chi connectivity index (χ1n) is 7.00. The molecule has 3 fully saturated rings. The quantitative estimate of drug-likeness (QED) is 0.619. The fraction of sp³-hybridized carbons (Fsp3) is 0.867. The van der Waals surface area contributed by atoms with Gasteiger partial charge in [-0.25, -0.2) is 0 Å². The van der Waals surface area contributed by atoms with Crippen LogP contribution in [0.2, 0.25) is 0 Å². The Bertz CT molecular complexity index is 360. The minimum absolute atomic E-state index is 0.305. The van der Waals surface area contributed by atoms with Gasteiger partial charge in [0.15, 0.2) is 0 Å². The van der Waals surface area contributed by atoms with Crippen molar-refractivity contribution < 1.29 is 5.11 Å². The molecule has 0 saturated heterocycles. The highest BCUT2D eigenvalue weighted by molar-refractivity contribution is 5.18. The summed E-state index contributed by atoms with van der Waals surface area (Å²) in [5.74, 6) is 2.89. The Labute approximate surface area is 97.9 Å². The van der Waals surface area contributed by atoms with Crippen molar-refractivity contribution >= 4 is 0 Å². The Morgan fingerprint density at radius 1 is 1.19 bits per heavy atom. The van der Waals surface area contributed by atoms with E-state index in [1.165, 1.54) is 25.7 Å². The number of hydrogen-bond acceptors (Lipinski definition) is 1. The van der Waals surface area contributed by atoms with Crippen molar-refractivity contribution in [2.45, 2.75) is 51.0 Å². The molecule has 3 bridgehead atoms. The fourth-order valence-corrected chi connectivity index (χ4v) is 5.44. The summed E-state index contributed by atoms with van der Waals surface area (Å²) in [6.45, 7) is 2.43. The van der Waals surface area contributed by atoms with Gasteiger partial charge in [0.2, 0.25) is 0 Å². The van der Waals surface area contributed by atoms with Gasteiger partial charge in [-0.15, -0.1) is 0 Å². The van der Waals surface area contributed by atoms with E-state index in [-0.39, 0.29) is 5.60 Å². The standard InChI is InChI=1S/C15H22O/c1-14-7-10-2-4-12(14)6-11-3-5-13(11)15(16,8-10)9-14/h2,4,10-13,16H,3,5-9H2,1H3. The van der Waals surface area contributed by atoms with Crippen molar-refractivity contribution in [3.05, 3.63) is 12.2 Å².